The van der Waals surface area contributed by atoms with Crippen molar-refractivity contribution in [2.75, 3.05) is 6.61 Å². The Labute approximate surface area is 95.6 Å². The van der Waals surface area contributed by atoms with Gasteiger partial charge in [-0.25, -0.2) is 4.79 Å². The highest BCUT2D eigenvalue weighted by molar-refractivity contribution is 5.06. The van der Waals surface area contributed by atoms with Gasteiger partial charge in [0.25, 0.3) is 5.56 Å². The number of H-pyrrole nitrogens is 1. The van der Waals surface area contributed by atoms with Crippen LogP contribution < -0.4 is 11.2 Å². The van der Waals surface area contributed by atoms with Crippen molar-refractivity contribution in [3.63, 3.8) is 0 Å². The van der Waals surface area contributed by atoms with Gasteiger partial charge in [0, 0.05) is 11.8 Å². The third-order valence-electron chi connectivity index (χ3n) is 3.12. The molecule has 0 saturated carbocycles. The fourth-order valence-electron chi connectivity index (χ4n) is 2.14. The quantitative estimate of drug-likeness (QED) is 0.613. The molecule has 2 N–H and O–H groups in total. The number of aromatic nitrogens is 2. The van der Waals surface area contributed by atoms with Gasteiger partial charge in [0.15, 0.2) is 6.23 Å². The highest BCUT2D eigenvalue weighted by atomic mass is 16.7. The number of aliphatic hydroxyl groups is 1. The number of nitrogens with zero attached hydrogens (tertiary/aromatic N) is 1. The van der Waals surface area contributed by atoms with E-state index in [9.17, 15) is 9.59 Å². The lowest BCUT2D eigenvalue weighted by Crippen LogP contribution is -2.35. The number of hydrogen-bond donors (Lipinski definition) is 2. The zero-order valence-corrected chi connectivity index (χ0v) is 9.12. The number of aryl methyl sites for hydroxylation is 1. The molecule has 0 radical (unpaired) electrons. The first kappa shape index (κ1) is 10.7. The standard InChI is InChI=1S/C10H12N2O5/c1-4-2-12(10(15)11-8(4)14)9-7-6(17-7)5(3-13)16-9/h2,5-7,9,13H,3H2,1H3,(H,11,14,15). The van der Waals surface area contributed by atoms with Gasteiger partial charge in [0.2, 0.25) is 0 Å². The van der Waals surface area contributed by atoms with Crippen molar-refractivity contribution in [1.82, 2.24) is 9.55 Å². The van der Waals surface area contributed by atoms with Gasteiger partial charge in [0.05, 0.1) is 6.61 Å². The van der Waals surface area contributed by atoms with Crippen molar-refractivity contribution in [2.24, 2.45) is 0 Å². The first-order valence-electron chi connectivity index (χ1n) is 5.35. The van der Waals surface area contributed by atoms with Crippen molar-refractivity contribution in [3.05, 3.63) is 32.6 Å². The summed E-state index contributed by atoms with van der Waals surface area (Å²) in [4.78, 5) is 25.1. The van der Waals surface area contributed by atoms with Crippen LogP contribution in [0, 0.1) is 6.92 Å². The lowest BCUT2D eigenvalue weighted by Gasteiger charge is -2.18. The molecule has 4 atom stereocenters. The van der Waals surface area contributed by atoms with Gasteiger partial charge in [-0.05, 0) is 6.92 Å². The Morgan fingerprint density at radius 3 is 2.82 bits per heavy atom. The Balaban J connectivity index is 1.98. The van der Waals surface area contributed by atoms with Gasteiger partial charge in [0.1, 0.15) is 18.3 Å². The van der Waals surface area contributed by atoms with Crippen molar-refractivity contribution in [1.29, 1.82) is 0 Å². The van der Waals surface area contributed by atoms with Crippen molar-refractivity contribution < 1.29 is 14.6 Å². The van der Waals surface area contributed by atoms with E-state index in [-0.39, 0.29) is 18.8 Å². The van der Waals surface area contributed by atoms with Crippen LogP contribution in [-0.2, 0) is 9.47 Å². The van der Waals surface area contributed by atoms with E-state index in [1.54, 1.807) is 6.92 Å². The van der Waals surface area contributed by atoms with Crippen LogP contribution in [0.25, 0.3) is 0 Å². The van der Waals surface area contributed by atoms with Crippen molar-refractivity contribution in [3.8, 4) is 0 Å². The molecular formula is C10H12N2O5. The van der Waals surface area contributed by atoms with Crippen LogP contribution in [0.3, 0.4) is 0 Å². The van der Waals surface area contributed by atoms with Gasteiger partial charge in [-0.15, -0.1) is 0 Å². The number of nitrogens with one attached hydrogen (secondary N) is 1. The molecule has 1 aromatic heterocycles. The smallest absolute Gasteiger partial charge is 0.330 e. The van der Waals surface area contributed by atoms with E-state index in [0.29, 0.717) is 5.56 Å². The summed E-state index contributed by atoms with van der Waals surface area (Å²) in [5.41, 5.74) is -0.507. The zero-order valence-electron chi connectivity index (χ0n) is 9.12. The Morgan fingerprint density at radius 2 is 2.18 bits per heavy atom. The number of ether oxygens (including phenoxy) is 2. The Morgan fingerprint density at radius 1 is 1.41 bits per heavy atom. The number of hydrogen-bond acceptors (Lipinski definition) is 5. The molecule has 7 nitrogen and oxygen atoms in total. The second kappa shape index (κ2) is 3.52. The molecular weight excluding hydrogens is 228 g/mol. The maximum Gasteiger partial charge on any atom is 0.330 e. The predicted octanol–water partition coefficient (Wildman–Crippen LogP) is -1.50. The molecule has 0 amide bonds. The molecule has 92 valence electrons. The minimum atomic E-state index is -0.569. The summed E-state index contributed by atoms with van der Waals surface area (Å²) in [6.07, 6.45) is 0.119. The minimum absolute atomic E-state index is 0.144. The summed E-state index contributed by atoms with van der Waals surface area (Å²) >= 11 is 0. The summed E-state index contributed by atoms with van der Waals surface area (Å²) in [6.45, 7) is 1.47. The number of rotatable bonds is 2. The SMILES string of the molecule is Cc1cn(C2OC(CO)C3OC32)c(=O)[nH]c1=O. The van der Waals surface area contributed by atoms with Crippen LogP contribution in [0.15, 0.2) is 15.8 Å². The molecule has 4 unspecified atom stereocenters. The average Bonchev–Trinajstić information content (AvgIpc) is 3.00. The molecule has 2 aliphatic heterocycles. The van der Waals surface area contributed by atoms with Gasteiger partial charge in [-0.1, -0.05) is 0 Å². The summed E-state index contributed by atoms with van der Waals surface area (Å²) in [6, 6.07) is 0. The monoisotopic (exact) mass is 240 g/mol. The topological polar surface area (TPSA) is 96.8 Å². The number of epoxide rings is 1. The highest BCUT2D eigenvalue weighted by Crippen LogP contribution is 2.43. The normalized spacial score (nSPS) is 34.7. The number of aliphatic hydroxyl groups excluding tert-OH is 1. The predicted molar refractivity (Wildman–Crippen MR) is 55.7 cm³/mol. The fourth-order valence-corrected chi connectivity index (χ4v) is 2.14. The molecule has 0 aliphatic carbocycles. The second-order valence-electron chi connectivity index (χ2n) is 4.29. The van der Waals surface area contributed by atoms with Crippen LogP contribution >= 0.6 is 0 Å². The highest BCUT2D eigenvalue weighted by Gasteiger charge is 2.58. The molecule has 1 aromatic rings. The van der Waals surface area contributed by atoms with E-state index in [1.165, 1.54) is 10.8 Å². The van der Waals surface area contributed by atoms with E-state index in [0.717, 1.165) is 0 Å². The molecule has 17 heavy (non-hydrogen) atoms. The summed E-state index contributed by atoms with van der Waals surface area (Å²) in [7, 11) is 0. The second-order valence-corrected chi connectivity index (χ2v) is 4.29. The average molecular weight is 240 g/mol. The van der Waals surface area contributed by atoms with E-state index in [2.05, 4.69) is 4.98 Å². The Bertz CT molecular complexity index is 563. The number of fused-ring (bicyclic) bond motifs is 1. The maximum atomic E-state index is 11.6. The molecule has 7 heteroatoms. The maximum absolute atomic E-state index is 11.6. The summed E-state index contributed by atoms with van der Waals surface area (Å²) in [5, 5.41) is 9.05. The van der Waals surface area contributed by atoms with Gasteiger partial charge in [-0.2, -0.15) is 0 Å². The van der Waals surface area contributed by atoms with E-state index < -0.39 is 23.6 Å². The van der Waals surface area contributed by atoms with Crippen molar-refractivity contribution >= 4 is 0 Å². The molecule has 3 rings (SSSR count). The van der Waals surface area contributed by atoms with E-state index in [1.807, 2.05) is 0 Å². The fraction of sp³-hybridized carbons (Fsp3) is 0.600. The van der Waals surface area contributed by atoms with Crippen LogP contribution in [0.2, 0.25) is 0 Å². The van der Waals surface area contributed by atoms with E-state index >= 15 is 0 Å². The molecule has 2 fully saturated rings. The lowest BCUT2D eigenvalue weighted by atomic mass is 10.2. The van der Waals surface area contributed by atoms with Crippen molar-refractivity contribution in [2.45, 2.75) is 31.5 Å². The van der Waals surface area contributed by atoms with Gasteiger partial charge < -0.3 is 14.6 Å². The molecule has 0 bridgehead atoms. The first-order chi connectivity index (χ1) is 8.11. The third kappa shape index (κ3) is 1.54. The third-order valence-corrected chi connectivity index (χ3v) is 3.12. The molecule has 3 heterocycles. The molecule has 2 aliphatic rings. The van der Waals surface area contributed by atoms with E-state index in [4.69, 9.17) is 14.6 Å². The van der Waals surface area contributed by atoms with Gasteiger partial charge >= 0.3 is 5.69 Å². The van der Waals surface area contributed by atoms with Crippen LogP contribution in [0.4, 0.5) is 0 Å². The molecule has 2 saturated heterocycles. The van der Waals surface area contributed by atoms with Crippen LogP contribution in [0.5, 0.6) is 0 Å². The first-order valence-corrected chi connectivity index (χ1v) is 5.35. The molecule has 0 aromatic carbocycles. The zero-order chi connectivity index (χ0) is 12.2. The Kier molecular flexibility index (Phi) is 2.22. The van der Waals surface area contributed by atoms with Gasteiger partial charge in [-0.3, -0.25) is 14.3 Å². The summed E-state index contributed by atoms with van der Waals surface area (Å²) < 4.78 is 12.1. The minimum Gasteiger partial charge on any atom is -0.394 e. The lowest BCUT2D eigenvalue weighted by molar-refractivity contribution is -0.0857. The summed E-state index contributed by atoms with van der Waals surface area (Å²) in [5.74, 6) is 0. The van der Waals surface area contributed by atoms with Crippen LogP contribution in [-0.4, -0.2) is 39.6 Å². The largest absolute Gasteiger partial charge is 0.394 e. The van der Waals surface area contributed by atoms with Crippen LogP contribution in [0.1, 0.15) is 11.8 Å². The Hall–Kier alpha value is -1.44. The molecule has 0 spiro atoms. The number of aromatic amines is 1.